The standard InChI is InChI=1S/C20H35N3/c1-18(2)7-5-4-6-14-22(3)17-19-8-10-20(11-9-19)23-15-12-21-13-16-23/h8-11,18,21H,4-7,12-17H2,1-3H3. The van der Waals surface area contributed by atoms with Crippen LogP contribution in [0.25, 0.3) is 0 Å². The minimum Gasteiger partial charge on any atom is -0.369 e. The first-order chi connectivity index (χ1) is 11.1. The lowest BCUT2D eigenvalue weighted by molar-refractivity contribution is 0.315. The summed E-state index contributed by atoms with van der Waals surface area (Å²) in [5.41, 5.74) is 2.79. The maximum Gasteiger partial charge on any atom is 0.0367 e. The van der Waals surface area contributed by atoms with Crippen LogP contribution in [0.4, 0.5) is 5.69 Å². The Kier molecular flexibility index (Phi) is 7.90. The van der Waals surface area contributed by atoms with Crippen molar-refractivity contribution in [2.45, 2.75) is 46.1 Å². The van der Waals surface area contributed by atoms with Crippen LogP contribution in [-0.4, -0.2) is 44.7 Å². The highest BCUT2D eigenvalue weighted by atomic mass is 15.2. The summed E-state index contributed by atoms with van der Waals surface area (Å²) in [5, 5.41) is 3.41. The van der Waals surface area contributed by atoms with Crippen LogP contribution in [0.15, 0.2) is 24.3 Å². The summed E-state index contributed by atoms with van der Waals surface area (Å²) in [6.07, 6.45) is 5.44. The van der Waals surface area contributed by atoms with Gasteiger partial charge in [-0.1, -0.05) is 45.2 Å². The molecule has 0 spiro atoms. The Balaban J connectivity index is 1.68. The van der Waals surface area contributed by atoms with Gasteiger partial charge >= 0.3 is 0 Å². The molecule has 0 amide bonds. The Morgan fingerprint density at radius 3 is 2.39 bits per heavy atom. The molecule has 0 bridgehead atoms. The van der Waals surface area contributed by atoms with Crippen LogP contribution in [0.2, 0.25) is 0 Å². The highest BCUT2D eigenvalue weighted by molar-refractivity contribution is 5.48. The first-order valence-electron chi connectivity index (χ1n) is 9.38. The molecule has 1 aromatic carbocycles. The SMILES string of the molecule is CC(C)CCCCCN(C)Cc1ccc(N2CCNCC2)cc1. The van der Waals surface area contributed by atoms with Crippen molar-refractivity contribution in [1.29, 1.82) is 0 Å². The second-order valence-corrected chi connectivity index (χ2v) is 7.38. The molecule has 3 nitrogen and oxygen atoms in total. The zero-order chi connectivity index (χ0) is 16.5. The number of rotatable bonds is 9. The molecule has 1 N–H and O–H groups in total. The molecule has 0 saturated carbocycles. The van der Waals surface area contributed by atoms with Crippen LogP contribution in [0, 0.1) is 5.92 Å². The maximum absolute atomic E-state index is 3.41. The average Bonchev–Trinajstić information content (AvgIpc) is 2.56. The number of unbranched alkanes of at least 4 members (excludes halogenated alkanes) is 2. The van der Waals surface area contributed by atoms with Gasteiger partial charge in [-0.3, -0.25) is 0 Å². The van der Waals surface area contributed by atoms with E-state index in [0.717, 1.165) is 38.6 Å². The summed E-state index contributed by atoms with van der Waals surface area (Å²) in [5.74, 6) is 0.849. The molecule has 2 rings (SSSR count). The number of hydrogen-bond donors (Lipinski definition) is 1. The third-order valence-corrected chi connectivity index (χ3v) is 4.69. The Morgan fingerprint density at radius 1 is 1.04 bits per heavy atom. The maximum atomic E-state index is 3.41. The first-order valence-corrected chi connectivity index (χ1v) is 9.38. The smallest absolute Gasteiger partial charge is 0.0367 e. The number of hydrogen-bond acceptors (Lipinski definition) is 3. The molecule has 1 heterocycles. The van der Waals surface area contributed by atoms with Gasteiger partial charge < -0.3 is 15.1 Å². The lowest BCUT2D eigenvalue weighted by Crippen LogP contribution is -2.43. The normalized spacial score (nSPS) is 15.6. The zero-order valence-corrected chi connectivity index (χ0v) is 15.4. The molecule has 0 atom stereocenters. The predicted octanol–water partition coefficient (Wildman–Crippen LogP) is 3.74. The number of nitrogens with zero attached hydrogens (tertiary/aromatic N) is 2. The molecule has 1 saturated heterocycles. The van der Waals surface area contributed by atoms with Crippen LogP contribution >= 0.6 is 0 Å². The van der Waals surface area contributed by atoms with Crippen molar-refractivity contribution in [1.82, 2.24) is 10.2 Å². The van der Waals surface area contributed by atoms with E-state index in [9.17, 15) is 0 Å². The monoisotopic (exact) mass is 317 g/mol. The van der Waals surface area contributed by atoms with Crippen molar-refractivity contribution in [2.24, 2.45) is 5.92 Å². The molecular formula is C20H35N3. The Morgan fingerprint density at radius 2 is 1.74 bits per heavy atom. The Labute approximate surface area is 143 Å². The van der Waals surface area contributed by atoms with E-state index >= 15 is 0 Å². The summed E-state index contributed by atoms with van der Waals surface area (Å²) in [7, 11) is 2.24. The lowest BCUT2D eigenvalue weighted by Gasteiger charge is -2.29. The zero-order valence-electron chi connectivity index (χ0n) is 15.4. The first kappa shape index (κ1) is 18.3. The summed E-state index contributed by atoms with van der Waals surface area (Å²) >= 11 is 0. The molecular weight excluding hydrogens is 282 g/mol. The van der Waals surface area contributed by atoms with Crippen molar-refractivity contribution in [3.8, 4) is 0 Å². The highest BCUT2D eigenvalue weighted by Gasteiger charge is 2.10. The minimum absolute atomic E-state index is 0.849. The van der Waals surface area contributed by atoms with Crippen LogP contribution < -0.4 is 10.2 Å². The third-order valence-electron chi connectivity index (χ3n) is 4.69. The largest absolute Gasteiger partial charge is 0.369 e. The van der Waals surface area contributed by atoms with E-state index in [2.05, 4.69) is 60.3 Å². The fraction of sp³-hybridized carbons (Fsp3) is 0.700. The second kappa shape index (κ2) is 9.94. The molecule has 23 heavy (non-hydrogen) atoms. The van der Waals surface area contributed by atoms with Crippen LogP contribution in [0.1, 0.15) is 45.1 Å². The molecule has 1 fully saturated rings. The molecule has 0 radical (unpaired) electrons. The van der Waals surface area contributed by atoms with Gasteiger partial charge in [0.25, 0.3) is 0 Å². The Hall–Kier alpha value is -1.06. The van der Waals surface area contributed by atoms with Gasteiger partial charge in [-0.15, -0.1) is 0 Å². The fourth-order valence-corrected chi connectivity index (χ4v) is 3.24. The van der Waals surface area contributed by atoms with E-state index in [4.69, 9.17) is 0 Å². The third kappa shape index (κ3) is 6.92. The molecule has 0 aromatic heterocycles. The van der Waals surface area contributed by atoms with Crippen molar-refractivity contribution in [3.63, 3.8) is 0 Å². The van der Waals surface area contributed by atoms with Crippen LogP contribution in [0.5, 0.6) is 0 Å². The molecule has 1 aromatic rings. The van der Waals surface area contributed by atoms with Gasteiger partial charge in [0.2, 0.25) is 0 Å². The van der Waals surface area contributed by atoms with E-state index in [0.29, 0.717) is 0 Å². The Bertz CT molecular complexity index is 421. The van der Waals surface area contributed by atoms with E-state index in [1.54, 1.807) is 0 Å². The van der Waals surface area contributed by atoms with Crippen molar-refractivity contribution in [3.05, 3.63) is 29.8 Å². The second-order valence-electron chi connectivity index (χ2n) is 7.38. The van der Waals surface area contributed by atoms with Crippen LogP contribution in [0.3, 0.4) is 0 Å². The molecule has 0 aliphatic carbocycles. The van der Waals surface area contributed by atoms with Gasteiger partial charge in [0, 0.05) is 38.4 Å². The van der Waals surface area contributed by atoms with Crippen LogP contribution in [-0.2, 0) is 6.54 Å². The van der Waals surface area contributed by atoms with E-state index in [1.165, 1.54) is 43.5 Å². The van der Waals surface area contributed by atoms with Gasteiger partial charge in [-0.2, -0.15) is 0 Å². The van der Waals surface area contributed by atoms with E-state index in [-0.39, 0.29) is 0 Å². The van der Waals surface area contributed by atoms with E-state index in [1.807, 2.05) is 0 Å². The van der Waals surface area contributed by atoms with Crippen molar-refractivity contribution < 1.29 is 0 Å². The van der Waals surface area contributed by atoms with Crippen molar-refractivity contribution in [2.75, 3.05) is 44.7 Å². The van der Waals surface area contributed by atoms with Crippen molar-refractivity contribution >= 4 is 5.69 Å². The highest BCUT2D eigenvalue weighted by Crippen LogP contribution is 2.17. The summed E-state index contributed by atoms with van der Waals surface area (Å²) < 4.78 is 0. The number of nitrogens with one attached hydrogen (secondary N) is 1. The number of anilines is 1. The molecule has 1 aliphatic rings. The van der Waals surface area contributed by atoms with Gasteiger partial charge in [-0.25, -0.2) is 0 Å². The summed E-state index contributed by atoms with van der Waals surface area (Å²) in [6.45, 7) is 11.3. The fourth-order valence-electron chi connectivity index (χ4n) is 3.24. The summed E-state index contributed by atoms with van der Waals surface area (Å²) in [4.78, 5) is 4.92. The number of benzene rings is 1. The van der Waals surface area contributed by atoms with Gasteiger partial charge in [0.15, 0.2) is 0 Å². The quantitative estimate of drug-likeness (QED) is 0.700. The molecule has 130 valence electrons. The molecule has 0 unspecified atom stereocenters. The van der Waals surface area contributed by atoms with Gasteiger partial charge in [0.1, 0.15) is 0 Å². The minimum atomic E-state index is 0.849. The van der Waals surface area contributed by atoms with Gasteiger partial charge in [0.05, 0.1) is 0 Å². The average molecular weight is 318 g/mol. The predicted molar refractivity (Wildman–Crippen MR) is 101 cm³/mol. The topological polar surface area (TPSA) is 18.5 Å². The molecule has 3 heteroatoms. The number of piperazine rings is 1. The molecule has 1 aliphatic heterocycles. The lowest BCUT2D eigenvalue weighted by atomic mass is 10.1. The summed E-state index contributed by atoms with van der Waals surface area (Å²) in [6, 6.07) is 9.17. The van der Waals surface area contributed by atoms with E-state index < -0.39 is 0 Å². The van der Waals surface area contributed by atoms with Gasteiger partial charge in [-0.05, 0) is 43.6 Å².